The third-order valence-electron chi connectivity index (χ3n) is 3.02. The fourth-order valence-electron chi connectivity index (χ4n) is 1.96. The molecule has 1 aromatic rings. The van der Waals surface area contributed by atoms with Gasteiger partial charge in [0.15, 0.2) is 17.5 Å². The SMILES string of the molecule is CCOc1cc(NC(=NC)NCCNC(C)(C)C)ccc1OC.I. The van der Waals surface area contributed by atoms with Gasteiger partial charge in [0.2, 0.25) is 0 Å². The Morgan fingerprint density at radius 1 is 1.17 bits per heavy atom. The molecular formula is C17H31IN4O2. The summed E-state index contributed by atoms with van der Waals surface area (Å²) in [6.07, 6.45) is 0. The lowest BCUT2D eigenvalue weighted by atomic mass is 10.1. The van der Waals surface area contributed by atoms with Gasteiger partial charge in [-0.1, -0.05) is 0 Å². The molecule has 7 heteroatoms. The lowest BCUT2D eigenvalue weighted by Crippen LogP contribution is -2.42. The van der Waals surface area contributed by atoms with E-state index in [9.17, 15) is 0 Å². The third-order valence-corrected chi connectivity index (χ3v) is 3.02. The highest BCUT2D eigenvalue weighted by atomic mass is 127. The van der Waals surface area contributed by atoms with Gasteiger partial charge in [-0.15, -0.1) is 24.0 Å². The molecular weight excluding hydrogens is 419 g/mol. The lowest BCUT2D eigenvalue weighted by molar-refractivity contribution is 0.311. The van der Waals surface area contributed by atoms with Gasteiger partial charge in [0, 0.05) is 37.4 Å². The van der Waals surface area contributed by atoms with Crippen LogP contribution in [-0.2, 0) is 0 Å². The number of rotatable bonds is 7. The fraction of sp³-hybridized carbons (Fsp3) is 0.588. The summed E-state index contributed by atoms with van der Waals surface area (Å²) in [7, 11) is 3.38. The normalized spacial score (nSPS) is 11.5. The van der Waals surface area contributed by atoms with Crippen molar-refractivity contribution in [2.45, 2.75) is 33.2 Å². The zero-order valence-electron chi connectivity index (χ0n) is 15.5. The van der Waals surface area contributed by atoms with Crippen molar-refractivity contribution in [1.82, 2.24) is 10.6 Å². The first kappa shape index (κ1) is 22.8. The van der Waals surface area contributed by atoms with Gasteiger partial charge in [0.25, 0.3) is 0 Å². The van der Waals surface area contributed by atoms with E-state index >= 15 is 0 Å². The molecule has 138 valence electrons. The average molecular weight is 450 g/mol. The maximum absolute atomic E-state index is 5.58. The fourth-order valence-corrected chi connectivity index (χ4v) is 1.96. The van der Waals surface area contributed by atoms with E-state index in [2.05, 4.69) is 41.7 Å². The van der Waals surface area contributed by atoms with Crippen LogP contribution in [0.4, 0.5) is 5.69 Å². The first-order valence-electron chi connectivity index (χ1n) is 7.93. The monoisotopic (exact) mass is 450 g/mol. The summed E-state index contributed by atoms with van der Waals surface area (Å²) in [5.41, 5.74) is 1.01. The summed E-state index contributed by atoms with van der Waals surface area (Å²) in [5.74, 6) is 2.15. The molecule has 1 rings (SSSR count). The van der Waals surface area contributed by atoms with Crippen molar-refractivity contribution in [3.8, 4) is 11.5 Å². The molecule has 0 atom stereocenters. The number of nitrogens with zero attached hydrogens (tertiary/aromatic N) is 1. The van der Waals surface area contributed by atoms with Crippen LogP contribution in [-0.4, -0.2) is 45.4 Å². The Hall–Kier alpha value is -1.22. The Bertz CT molecular complexity index is 516. The molecule has 0 spiro atoms. The minimum Gasteiger partial charge on any atom is -0.493 e. The molecule has 0 heterocycles. The topological polar surface area (TPSA) is 66.9 Å². The zero-order valence-corrected chi connectivity index (χ0v) is 17.9. The number of hydrogen-bond acceptors (Lipinski definition) is 4. The number of halogens is 1. The molecule has 0 aliphatic rings. The van der Waals surface area contributed by atoms with Crippen LogP contribution in [0.25, 0.3) is 0 Å². The molecule has 0 amide bonds. The average Bonchev–Trinajstić information content (AvgIpc) is 2.50. The van der Waals surface area contributed by atoms with E-state index in [4.69, 9.17) is 9.47 Å². The Morgan fingerprint density at radius 3 is 2.42 bits per heavy atom. The Labute approximate surface area is 162 Å². The van der Waals surface area contributed by atoms with Crippen molar-refractivity contribution >= 4 is 35.6 Å². The van der Waals surface area contributed by atoms with Gasteiger partial charge in [0.1, 0.15) is 0 Å². The largest absolute Gasteiger partial charge is 0.493 e. The highest BCUT2D eigenvalue weighted by Gasteiger charge is 2.09. The molecule has 0 fully saturated rings. The minimum atomic E-state index is 0. The van der Waals surface area contributed by atoms with Gasteiger partial charge >= 0.3 is 0 Å². The van der Waals surface area contributed by atoms with Gasteiger partial charge in [-0.3, -0.25) is 4.99 Å². The zero-order chi connectivity index (χ0) is 17.3. The van der Waals surface area contributed by atoms with Gasteiger partial charge in [-0.2, -0.15) is 0 Å². The van der Waals surface area contributed by atoms with E-state index in [0.29, 0.717) is 18.3 Å². The summed E-state index contributed by atoms with van der Waals surface area (Å²) in [6, 6.07) is 5.71. The number of aliphatic imine (C=N–C) groups is 1. The van der Waals surface area contributed by atoms with Gasteiger partial charge in [0.05, 0.1) is 13.7 Å². The Morgan fingerprint density at radius 2 is 1.88 bits per heavy atom. The molecule has 24 heavy (non-hydrogen) atoms. The number of anilines is 1. The number of ether oxygens (including phenoxy) is 2. The van der Waals surface area contributed by atoms with E-state index in [1.807, 2.05) is 25.1 Å². The second-order valence-electron chi connectivity index (χ2n) is 6.10. The summed E-state index contributed by atoms with van der Waals surface area (Å²) in [6.45, 7) is 10.6. The van der Waals surface area contributed by atoms with Crippen LogP contribution in [0, 0.1) is 0 Å². The highest BCUT2D eigenvalue weighted by Crippen LogP contribution is 2.30. The molecule has 6 nitrogen and oxygen atoms in total. The molecule has 0 aliphatic carbocycles. The first-order valence-corrected chi connectivity index (χ1v) is 7.93. The van der Waals surface area contributed by atoms with Gasteiger partial charge in [-0.25, -0.2) is 0 Å². The third kappa shape index (κ3) is 8.58. The van der Waals surface area contributed by atoms with Crippen LogP contribution in [0.1, 0.15) is 27.7 Å². The highest BCUT2D eigenvalue weighted by molar-refractivity contribution is 14.0. The predicted molar refractivity (Wildman–Crippen MR) is 112 cm³/mol. The van der Waals surface area contributed by atoms with Crippen LogP contribution in [0.5, 0.6) is 11.5 Å². The molecule has 0 radical (unpaired) electrons. The van der Waals surface area contributed by atoms with E-state index < -0.39 is 0 Å². The quantitative estimate of drug-likeness (QED) is 0.258. The Kier molecular flexibility index (Phi) is 10.8. The molecule has 0 unspecified atom stereocenters. The Balaban J connectivity index is 0.00000529. The molecule has 0 saturated carbocycles. The molecule has 0 aliphatic heterocycles. The molecule has 3 N–H and O–H groups in total. The molecule has 1 aromatic carbocycles. The number of guanidine groups is 1. The van der Waals surface area contributed by atoms with Crippen LogP contribution in [0.2, 0.25) is 0 Å². The van der Waals surface area contributed by atoms with Crippen molar-refractivity contribution in [2.75, 3.05) is 39.2 Å². The number of nitrogens with one attached hydrogen (secondary N) is 3. The molecule has 0 bridgehead atoms. The van der Waals surface area contributed by atoms with Crippen molar-refractivity contribution in [2.24, 2.45) is 4.99 Å². The van der Waals surface area contributed by atoms with Gasteiger partial charge in [-0.05, 0) is 39.8 Å². The lowest BCUT2D eigenvalue weighted by Gasteiger charge is -2.21. The van der Waals surface area contributed by atoms with E-state index in [-0.39, 0.29) is 29.5 Å². The summed E-state index contributed by atoms with van der Waals surface area (Å²) in [5, 5.41) is 9.95. The van der Waals surface area contributed by atoms with Crippen molar-refractivity contribution in [3.63, 3.8) is 0 Å². The molecule has 0 aromatic heterocycles. The summed E-state index contributed by atoms with van der Waals surface area (Å²) in [4.78, 5) is 4.23. The number of methoxy groups -OCH3 is 1. The van der Waals surface area contributed by atoms with Crippen molar-refractivity contribution in [3.05, 3.63) is 18.2 Å². The van der Waals surface area contributed by atoms with Crippen LogP contribution in [0.15, 0.2) is 23.2 Å². The maximum atomic E-state index is 5.58. The van der Waals surface area contributed by atoms with Crippen molar-refractivity contribution in [1.29, 1.82) is 0 Å². The van der Waals surface area contributed by atoms with Crippen molar-refractivity contribution < 1.29 is 9.47 Å². The van der Waals surface area contributed by atoms with E-state index in [1.165, 1.54) is 0 Å². The molecule has 0 saturated heterocycles. The summed E-state index contributed by atoms with van der Waals surface area (Å²) >= 11 is 0. The van der Waals surface area contributed by atoms with E-state index in [1.54, 1.807) is 14.2 Å². The van der Waals surface area contributed by atoms with Crippen LogP contribution in [0.3, 0.4) is 0 Å². The minimum absolute atomic E-state index is 0. The van der Waals surface area contributed by atoms with Crippen LogP contribution < -0.4 is 25.4 Å². The summed E-state index contributed by atoms with van der Waals surface area (Å²) < 4.78 is 10.9. The predicted octanol–water partition coefficient (Wildman–Crippen LogP) is 3.09. The van der Waals surface area contributed by atoms with Crippen LogP contribution >= 0.6 is 24.0 Å². The smallest absolute Gasteiger partial charge is 0.195 e. The number of hydrogen-bond donors (Lipinski definition) is 3. The second-order valence-corrected chi connectivity index (χ2v) is 6.10. The first-order chi connectivity index (χ1) is 10.9. The maximum Gasteiger partial charge on any atom is 0.195 e. The number of benzene rings is 1. The standard InChI is InChI=1S/C17H30N4O2.HI/c1-7-23-15-12-13(8-9-14(15)22-6)21-16(18-5)19-10-11-20-17(2,3)4;/h8-9,12,20H,7,10-11H2,1-6H3,(H2,18,19,21);1H. The van der Waals surface area contributed by atoms with E-state index in [0.717, 1.165) is 24.5 Å². The second kappa shape index (κ2) is 11.4. The van der Waals surface area contributed by atoms with Gasteiger partial charge < -0.3 is 25.4 Å².